The molecule has 1 heterocycles. The summed E-state index contributed by atoms with van der Waals surface area (Å²) in [5.74, 6) is -0.340. The van der Waals surface area contributed by atoms with Crippen LogP contribution in [0.15, 0.2) is 34.9 Å². The van der Waals surface area contributed by atoms with Crippen molar-refractivity contribution >= 4 is 15.9 Å². The maximum Gasteiger partial charge on any atom is 0.219 e. The van der Waals surface area contributed by atoms with Gasteiger partial charge in [0, 0.05) is 10.0 Å². The van der Waals surface area contributed by atoms with E-state index in [9.17, 15) is 4.39 Å². The lowest BCUT2D eigenvalue weighted by Crippen LogP contribution is -2.05. The van der Waals surface area contributed by atoms with E-state index in [0.717, 1.165) is 4.47 Å². The highest BCUT2D eigenvalue weighted by atomic mass is 79.9. The largest absolute Gasteiger partial charge is 0.330 e. The number of halogens is 2. The van der Waals surface area contributed by atoms with Crippen LogP contribution in [-0.2, 0) is 6.42 Å². The van der Waals surface area contributed by atoms with Crippen molar-refractivity contribution in [2.75, 3.05) is 6.54 Å². The van der Waals surface area contributed by atoms with E-state index in [2.05, 4.69) is 21.0 Å². The SMILES string of the molecule is NCCc1cnn(-c2ccc(Br)cc2)c1F. The molecule has 5 heteroatoms. The molecule has 0 bridgehead atoms. The molecule has 0 radical (unpaired) electrons. The molecule has 2 N–H and O–H groups in total. The molecule has 0 saturated carbocycles. The van der Waals surface area contributed by atoms with Crippen LogP contribution in [0.3, 0.4) is 0 Å². The monoisotopic (exact) mass is 283 g/mol. The van der Waals surface area contributed by atoms with Gasteiger partial charge in [0.25, 0.3) is 0 Å². The van der Waals surface area contributed by atoms with Gasteiger partial charge in [-0.1, -0.05) is 15.9 Å². The van der Waals surface area contributed by atoms with E-state index in [-0.39, 0.29) is 5.95 Å². The number of hydrogen-bond donors (Lipinski definition) is 1. The Morgan fingerprint density at radius 2 is 2.00 bits per heavy atom. The van der Waals surface area contributed by atoms with E-state index >= 15 is 0 Å². The van der Waals surface area contributed by atoms with Crippen molar-refractivity contribution in [1.29, 1.82) is 0 Å². The molecule has 0 aliphatic rings. The van der Waals surface area contributed by atoms with E-state index in [0.29, 0.717) is 24.2 Å². The average molecular weight is 284 g/mol. The molecule has 0 amide bonds. The molecule has 0 spiro atoms. The number of benzene rings is 1. The normalized spacial score (nSPS) is 10.7. The summed E-state index contributed by atoms with van der Waals surface area (Å²) >= 11 is 3.33. The molecular formula is C11H11BrFN3. The zero-order valence-electron chi connectivity index (χ0n) is 8.53. The van der Waals surface area contributed by atoms with E-state index in [4.69, 9.17) is 5.73 Å². The third kappa shape index (κ3) is 2.15. The standard InChI is InChI=1S/C11H11BrFN3/c12-9-1-3-10(4-2-9)16-11(13)8(5-6-14)7-15-16/h1-4,7H,5-6,14H2. The Morgan fingerprint density at radius 3 is 2.62 bits per heavy atom. The van der Waals surface area contributed by atoms with Crippen LogP contribution in [0.25, 0.3) is 5.69 Å². The third-order valence-electron chi connectivity index (χ3n) is 2.26. The van der Waals surface area contributed by atoms with Gasteiger partial charge >= 0.3 is 0 Å². The Balaban J connectivity index is 2.37. The van der Waals surface area contributed by atoms with Crippen molar-refractivity contribution in [2.45, 2.75) is 6.42 Å². The van der Waals surface area contributed by atoms with Crippen LogP contribution < -0.4 is 5.73 Å². The first-order valence-corrected chi connectivity index (χ1v) is 5.70. The summed E-state index contributed by atoms with van der Waals surface area (Å²) < 4.78 is 16.1. The van der Waals surface area contributed by atoms with Crippen molar-refractivity contribution in [1.82, 2.24) is 9.78 Å². The molecule has 0 saturated heterocycles. The second-order valence-corrected chi connectivity index (χ2v) is 4.30. The van der Waals surface area contributed by atoms with Crippen molar-refractivity contribution in [2.24, 2.45) is 5.73 Å². The van der Waals surface area contributed by atoms with Gasteiger partial charge in [0.05, 0.1) is 11.9 Å². The van der Waals surface area contributed by atoms with Gasteiger partial charge in [0.1, 0.15) is 0 Å². The van der Waals surface area contributed by atoms with Gasteiger partial charge in [0.15, 0.2) is 0 Å². The van der Waals surface area contributed by atoms with Gasteiger partial charge in [-0.25, -0.2) is 4.68 Å². The molecule has 84 valence electrons. The third-order valence-corrected chi connectivity index (χ3v) is 2.79. The zero-order chi connectivity index (χ0) is 11.5. The Bertz CT molecular complexity index is 478. The molecule has 0 fully saturated rings. The lowest BCUT2D eigenvalue weighted by atomic mass is 10.2. The van der Waals surface area contributed by atoms with Crippen LogP contribution >= 0.6 is 15.9 Å². The maximum atomic E-state index is 13.8. The van der Waals surface area contributed by atoms with E-state index in [1.165, 1.54) is 10.9 Å². The van der Waals surface area contributed by atoms with Crippen LogP contribution in [0.2, 0.25) is 0 Å². The van der Waals surface area contributed by atoms with Gasteiger partial charge in [-0.2, -0.15) is 9.49 Å². The summed E-state index contributed by atoms with van der Waals surface area (Å²) in [5, 5.41) is 4.01. The van der Waals surface area contributed by atoms with E-state index < -0.39 is 0 Å². The lowest BCUT2D eigenvalue weighted by molar-refractivity contribution is 0.526. The van der Waals surface area contributed by atoms with Crippen LogP contribution in [0.1, 0.15) is 5.56 Å². The van der Waals surface area contributed by atoms with E-state index in [1.54, 1.807) is 12.1 Å². The molecule has 16 heavy (non-hydrogen) atoms. The quantitative estimate of drug-likeness (QED) is 0.939. The van der Waals surface area contributed by atoms with Crippen LogP contribution in [0.4, 0.5) is 4.39 Å². The maximum absolute atomic E-state index is 13.8. The summed E-state index contributed by atoms with van der Waals surface area (Å²) in [4.78, 5) is 0. The van der Waals surface area contributed by atoms with E-state index in [1.807, 2.05) is 12.1 Å². The predicted octanol–water partition coefficient (Wildman–Crippen LogP) is 2.28. The van der Waals surface area contributed by atoms with Crippen molar-refractivity contribution < 1.29 is 4.39 Å². The fraction of sp³-hybridized carbons (Fsp3) is 0.182. The molecule has 1 aromatic heterocycles. The Kier molecular flexibility index (Phi) is 3.36. The first kappa shape index (κ1) is 11.3. The number of aromatic nitrogens is 2. The van der Waals surface area contributed by atoms with Crippen LogP contribution in [0.5, 0.6) is 0 Å². The Morgan fingerprint density at radius 1 is 1.31 bits per heavy atom. The molecule has 0 aliphatic carbocycles. The van der Waals surface area contributed by atoms with Gasteiger partial charge in [-0.3, -0.25) is 0 Å². The van der Waals surface area contributed by atoms with Crippen molar-refractivity contribution in [3.63, 3.8) is 0 Å². The minimum atomic E-state index is -0.340. The molecule has 3 nitrogen and oxygen atoms in total. The summed E-state index contributed by atoms with van der Waals surface area (Å²) in [5.41, 5.74) is 6.63. The van der Waals surface area contributed by atoms with Crippen molar-refractivity contribution in [3.05, 3.63) is 46.4 Å². The van der Waals surface area contributed by atoms with Crippen molar-refractivity contribution in [3.8, 4) is 5.69 Å². The van der Waals surface area contributed by atoms with Gasteiger partial charge < -0.3 is 5.73 Å². The highest BCUT2D eigenvalue weighted by molar-refractivity contribution is 9.10. The number of hydrogen-bond acceptors (Lipinski definition) is 2. The van der Waals surface area contributed by atoms with Gasteiger partial charge in [-0.15, -0.1) is 0 Å². The molecule has 2 rings (SSSR count). The molecule has 0 unspecified atom stereocenters. The first-order chi connectivity index (χ1) is 7.72. The Hall–Kier alpha value is -1.20. The van der Waals surface area contributed by atoms with Gasteiger partial charge in [0.2, 0.25) is 5.95 Å². The number of nitrogens with zero attached hydrogens (tertiary/aromatic N) is 2. The minimum absolute atomic E-state index is 0.340. The number of nitrogens with two attached hydrogens (primary N) is 1. The first-order valence-electron chi connectivity index (χ1n) is 4.91. The fourth-order valence-corrected chi connectivity index (χ4v) is 1.72. The Labute approximate surface area is 101 Å². The zero-order valence-corrected chi connectivity index (χ0v) is 10.1. The summed E-state index contributed by atoms with van der Waals surface area (Å²) in [7, 11) is 0. The highest BCUT2D eigenvalue weighted by Crippen LogP contribution is 2.16. The smallest absolute Gasteiger partial charge is 0.219 e. The lowest BCUT2D eigenvalue weighted by Gasteiger charge is -2.02. The van der Waals surface area contributed by atoms with Gasteiger partial charge in [-0.05, 0) is 37.2 Å². The highest BCUT2D eigenvalue weighted by Gasteiger charge is 2.10. The van der Waals surface area contributed by atoms with Crippen LogP contribution in [-0.4, -0.2) is 16.3 Å². The average Bonchev–Trinajstić information content (AvgIpc) is 2.63. The summed E-state index contributed by atoms with van der Waals surface area (Å²) in [6, 6.07) is 7.29. The second-order valence-electron chi connectivity index (χ2n) is 3.39. The minimum Gasteiger partial charge on any atom is -0.330 e. The summed E-state index contributed by atoms with van der Waals surface area (Å²) in [6.07, 6.45) is 2.02. The molecule has 0 atom stereocenters. The topological polar surface area (TPSA) is 43.8 Å². The predicted molar refractivity (Wildman–Crippen MR) is 64.0 cm³/mol. The molecule has 1 aromatic carbocycles. The molecule has 0 aliphatic heterocycles. The number of rotatable bonds is 3. The molecular weight excluding hydrogens is 273 g/mol. The van der Waals surface area contributed by atoms with Crippen LogP contribution in [0, 0.1) is 5.95 Å². The summed E-state index contributed by atoms with van der Waals surface area (Å²) in [6.45, 7) is 0.420. The second kappa shape index (κ2) is 4.76. The fourth-order valence-electron chi connectivity index (χ4n) is 1.45. The molecule has 2 aromatic rings.